The van der Waals surface area contributed by atoms with Crippen molar-refractivity contribution in [2.75, 3.05) is 26.3 Å². The fourth-order valence-corrected chi connectivity index (χ4v) is 2.91. The molecule has 0 bridgehead atoms. The molecule has 1 aromatic rings. The monoisotopic (exact) mass is 269 g/mol. The lowest BCUT2D eigenvalue weighted by molar-refractivity contribution is -0.105. The first-order chi connectivity index (χ1) is 9.88. The largest absolute Gasteiger partial charge is 0.378 e. The van der Waals surface area contributed by atoms with Crippen LogP contribution < -0.4 is 0 Å². The van der Waals surface area contributed by atoms with Crippen molar-refractivity contribution >= 4 is 12.4 Å². The van der Waals surface area contributed by atoms with E-state index in [4.69, 9.17) is 4.74 Å². The van der Waals surface area contributed by atoms with E-state index in [1.807, 2.05) is 18.2 Å². The van der Waals surface area contributed by atoms with Gasteiger partial charge in [0.15, 0.2) is 0 Å². The molecule has 1 heterocycles. The number of benzene rings is 1. The van der Waals surface area contributed by atoms with Crippen LogP contribution in [0.5, 0.6) is 0 Å². The molecule has 0 N–H and O–H groups in total. The summed E-state index contributed by atoms with van der Waals surface area (Å²) in [6.07, 6.45) is 5.04. The highest BCUT2D eigenvalue weighted by atomic mass is 16.5. The van der Waals surface area contributed by atoms with Crippen molar-refractivity contribution < 1.29 is 9.53 Å². The lowest BCUT2D eigenvalue weighted by atomic mass is 10.1. The molecular weight excluding hydrogens is 250 g/mol. The summed E-state index contributed by atoms with van der Waals surface area (Å²) in [5.41, 5.74) is 4.56. The van der Waals surface area contributed by atoms with E-state index in [1.54, 1.807) is 0 Å². The van der Waals surface area contributed by atoms with E-state index in [0.717, 1.165) is 56.7 Å². The summed E-state index contributed by atoms with van der Waals surface area (Å²) in [5, 5.41) is 0. The summed E-state index contributed by atoms with van der Waals surface area (Å²) in [5.74, 6) is 0. The minimum absolute atomic E-state index is 0.744. The standard InChI is InChI=1S/C17H19NO2/c19-13-16-7-6-15(12-14-4-2-1-3-5-14)17(16)18-8-10-20-11-9-18/h1-5,12-13H,6-11H2. The van der Waals surface area contributed by atoms with E-state index in [-0.39, 0.29) is 0 Å². The molecule has 104 valence electrons. The van der Waals surface area contributed by atoms with Gasteiger partial charge >= 0.3 is 0 Å². The molecule has 0 atom stereocenters. The van der Waals surface area contributed by atoms with Crippen LogP contribution in [0.4, 0.5) is 0 Å². The van der Waals surface area contributed by atoms with Crippen molar-refractivity contribution in [2.24, 2.45) is 0 Å². The van der Waals surface area contributed by atoms with Crippen molar-refractivity contribution in [3.8, 4) is 0 Å². The summed E-state index contributed by atoms with van der Waals surface area (Å²) < 4.78 is 5.41. The summed E-state index contributed by atoms with van der Waals surface area (Å²) in [6, 6.07) is 10.3. The molecule has 1 aliphatic carbocycles. The second kappa shape index (κ2) is 6.06. The number of carbonyl (C=O) groups excluding carboxylic acids is 1. The fourth-order valence-electron chi connectivity index (χ4n) is 2.91. The Morgan fingerprint density at radius 3 is 2.50 bits per heavy atom. The molecule has 0 radical (unpaired) electrons. The van der Waals surface area contributed by atoms with Crippen LogP contribution in [0.1, 0.15) is 18.4 Å². The van der Waals surface area contributed by atoms with E-state index < -0.39 is 0 Å². The van der Waals surface area contributed by atoms with Crippen LogP contribution >= 0.6 is 0 Å². The van der Waals surface area contributed by atoms with Crippen LogP contribution in [0.3, 0.4) is 0 Å². The van der Waals surface area contributed by atoms with Gasteiger partial charge in [-0.25, -0.2) is 0 Å². The Balaban J connectivity index is 1.92. The molecule has 0 saturated carbocycles. The predicted molar refractivity (Wildman–Crippen MR) is 79.1 cm³/mol. The fraction of sp³-hybridized carbons (Fsp3) is 0.353. The van der Waals surface area contributed by atoms with Crippen LogP contribution in [-0.2, 0) is 9.53 Å². The minimum atomic E-state index is 0.744. The number of aldehydes is 1. The van der Waals surface area contributed by atoms with Crippen molar-refractivity contribution in [3.05, 3.63) is 52.7 Å². The van der Waals surface area contributed by atoms with E-state index in [9.17, 15) is 4.79 Å². The maximum absolute atomic E-state index is 11.3. The Labute approximate surface area is 119 Å². The molecule has 0 amide bonds. The van der Waals surface area contributed by atoms with Gasteiger partial charge in [-0.15, -0.1) is 0 Å². The van der Waals surface area contributed by atoms with Gasteiger partial charge in [0.2, 0.25) is 0 Å². The van der Waals surface area contributed by atoms with Crippen molar-refractivity contribution in [2.45, 2.75) is 12.8 Å². The highest BCUT2D eigenvalue weighted by Crippen LogP contribution is 2.34. The van der Waals surface area contributed by atoms with Crippen LogP contribution in [0.25, 0.3) is 6.08 Å². The molecule has 1 aromatic carbocycles. The lowest BCUT2D eigenvalue weighted by Gasteiger charge is -2.31. The normalized spacial score (nSPS) is 21.6. The van der Waals surface area contributed by atoms with E-state index in [1.165, 1.54) is 11.1 Å². The minimum Gasteiger partial charge on any atom is -0.378 e. The Hall–Kier alpha value is -1.87. The van der Waals surface area contributed by atoms with Crippen LogP contribution in [0.15, 0.2) is 47.2 Å². The van der Waals surface area contributed by atoms with E-state index >= 15 is 0 Å². The third-order valence-electron chi connectivity index (χ3n) is 3.88. The first-order valence-electron chi connectivity index (χ1n) is 7.15. The zero-order chi connectivity index (χ0) is 13.8. The Kier molecular flexibility index (Phi) is 3.97. The number of morpholine rings is 1. The van der Waals surface area contributed by atoms with Gasteiger partial charge in [-0.05, 0) is 30.1 Å². The Bertz CT molecular complexity index is 539. The second-order valence-electron chi connectivity index (χ2n) is 5.17. The molecule has 1 aliphatic heterocycles. The maximum Gasteiger partial charge on any atom is 0.148 e. The molecule has 1 fully saturated rings. The average molecular weight is 269 g/mol. The summed E-state index contributed by atoms with van der Waals surface area (Å²) in [6.45, 7) is 3.24. The van der Waals surface area contributed by atoms with Crippen molar-refractivity contribution in [1.82, 2.24) is 4.90 Å². The average Bonchev–Trinajstić information content (AvgIpc) is 2.92. The first kappa shape index (κ1) is 13.1. The number of allylic oxidation sites excluding steroid dienone is 2. The molecule has 1 saturated heterocycles. The first-order valence-corrected chi connectivity index (χ1v) is 7.15. The predicted octanol–water partition coefficient (Wildman–Crippen LogP) is 2.65. The van der Waals surface area contributed by atoms with Gasteiger partial charge in [0.1, 0.15) is 6.29 Å². The summed E-state index contributed by atoms with van der Waals surface area (Å²) >= 11 is 0. The number of ether oxygens (including phenoxy) is 1. The molecule has 0 aromatic heterocycles. The number of nitrogens with zero attached hydrogens (tertiary/aromatic N) is 1. The van der Waals surface area contributed by atoms with Gasteiger partial charge in [-0.3, -0.25) is 4.79 Å². The third kappa shape index (κ3) is 2.68. The molecule has 0 spiro atoms. The lowest BCUT2D eigenvalue weighted by Crippen LogP contribution is -2.36. The number of carbonyl (C=O) groups is 1. The highest BCUT2D eigenvalue weighted by molar-refractivity contribution is 5.79. The number of rotatable bonds is 3. The van der Waals surface area contributed by atoms with Gasteiger partial charge in [-0.2, -0.15) is 0 Å². The Morgan fingerprint density at radius 2 is 1.80 bits per heavy atom. The van der Waals surface area contributed by atoms with Crippen LogP contribution in [-0.4, -0.2) is 37.5 Å². The summed E-state index contributed by atoms with van der Waals surface area (Å²) in [7, 11) is 0. The smallest absolute Gasteiger partial charge is 0.148 e. The Morgan fingerprint density at radius 1 is 1.05 bits per heavy atom. The van der Waals surface area contributed by atoms with E-state index in [2.05, 4.69) is 23.1 Å². The SMILES string of the molecule is O=CC1=C(N2CCOCC2)C(=Cc2ccccc2)CC1. The highest BCUT2D eigenvalue weighted by Gasteiger charge is 2.25. The third-order valence-corrected chi connectivity index (χ3v) is 3.88. The molecule has 3 rings (SSSR count). The number of hydrogen-bond donors (Lipinski definition) is 0. The topological polar surface area (TPSA) is 29.5 Å². The van der Waals surface area contributed by atoms with Crippen LogP contribution in [0.2, 0.25) is 0 Å². The van der Waals surface area contributed by atoms with Gasteiger partial charge < -0.3 is 9.64 Å². The van der Waals surface area contributed by atoms with Gasteiger partial charge in [0.25, 0.3) is 0 Å². The molecule has 2 aliphatic rings. The van der Waals surface area contributed by atoms with Crippen molar-refractivity contribution in [1.29, 1.82) is 0 Å². The summed E-state index contributed by atoms with van der Waals surface area (Å²) in [4.78, 5) is 13.6. The number of hydrogen-bond acceptors (Lipinski definition) is 3. The molecule has 20 heavy (non-hydrogen) atoms. The van der Waals surface area contributed by atoms with Crippen molar-refractivity contribution in [3.63, 3.8) is 0 Å². The molecular formula is C17H19NO2. The zero-order valence-electron chi connectivity index (χ0n) is 11.5. The quantitative estimate of drug-likeness (QED) is 0.790. The van der Waals surface area contributed by atoms with Gasteiger partial charge in [-0.1, -0.05) is 30.3 Å². The molecule has 3 nitrogen and oxygen atoms in total. The van der Waals surface area contributed by atoms with Gasteiger partial charge in [0, 0.05) is 24.4 Å². The van der Waals surface area contributed by atoms with Crippen LogP contribution in [0, 0.1) is 0 Å². The second-order valence-corrected chi connectivity index (χ2v) is 5.17. The van der Waals surface area contributed by atoms with E-state index in [0.29, 0.717) is 0 Å². The molecule has 0 unspecified atom stereocenters. The maximum atomic E-state index is 11.3. The van der Waals surface area contributed by atoms with Gasteiger partial charge in [0.05, 0.1) is 13.2 Å². The molecule has 3 heteroatoms. The zero-order valence-corrected chi connectivity index (χ0v) is 11.5.